The second kappa shape index (κ2) is 9.71. The minimum atomic E-state index is -0.288. The fourth-order valence-corrected chi connectivity index (χ4v) is 4.01. The molecule has 1 aliphatic heterocycles. The van der Waals surface area contributed by atoms with Gasteiger partial charge >= 0.3 is 0 Å². The molecule has 1 amide bonds. The molecule has 0 fully saturated rings. The first-order valence-electron chi connectivity index (χ1n) is 10.6. The normalized spacial score (nSPS) is 14.3. The Morgan fingerprint density at radius 1 is 0.971 bits per heavy atom. The highest BCUT2D eigenvalue weighted by atomic mass is 35.5. The molecule has 1 unspecified atom stereocenters. The van der Waals surface area contributed by atoms with Crippen molar-refractivity contribution in [2.45, 2.75) is 19.9 Å². The van der Waals surface area contributed by atoms with Gasteiger partial charge in [0.1, 0.15) is 6.04 Å². The number of carbonyl (C=O) groups is 1. The summed E-state index contributed by atoms with van der Waals surface area (Å²) in [6.45, 7) is 4.03. The molecule has 0 radical (unpaired) electrons. The summed E-state index contributed by atoms with van der Waals surface area (Å²) in [5.74, 6) is 0.481. The van der Waals surface area contributed by atoms with Crippen LogP contribution < -0.4 is 10.6 Å². The number of hydrogen-bond acceptors (Lipinski definition) is 4. The van der Waals surface area contributed by atoms with Crippen LogP contribution in [0.2, 0.25) is 5.02 Å². The number of fused-ring (bicyclic) bond motifs is 1. The molecule has 6 nitrogen and oxygen atoms in total. The van der Waals surface area contributed by atoms with Crippen LogP contribution in [0.3, 0.4) is 0 Å². The number of halogens is 2. The molecule has 5 rings (SSSR count). The van der Waals surface area contributed by atoms with Crippen molar-refractivity contribution in [1.29, 1.82) is 0 Å². The summed E-state index contributed by atoms with van der Waals surface area (Å²) in [6, 6.07) is 23.0. The van der Waals surface area contributed by atoms with E-state index in [0.717, 1.165) is 22.4 Å². The Bertz CT molecular complexity index is 1360. The molecular formula is C26H23Cl2N5O. The van der Waals surface area contributed by atoms with Gasteiger partial charge in [0.05, 0.1) is 0 Å². The number of amides is 1. The van der Waals surface area contributed by atoms with Crippen molar-refractivity contribution >= 4 is 47.5 Å². The molecule has 2 N–H and O–H groups in total. The molecule has 0 aliphatic carbocycles. The maximum Gasteiger partial charge on any atom is 0.258 e. The lowest BCUT2D eigenvalue weighted by Gasteiger charge is -2.25. The lowest BCUT2D eigenvalue weighted by Crippen LogP contribution is -2.20. The fourth-order valence-electron chi connectivity index (χ4n) is 3.76. The Morgan fingerprint density at radius 2 is 1.62 bits per heavy atom. The van der Waals surface area contributed by atoms with Gasteiger partial charge in [0.25, 0.3) is 11.9 Å². The van der Waals surface area contributed by atoms with E-state index in [1.807, 2.05) is 43.3 Å². The first kappa shape index (κ1) is 23.5. The molecule has 1 atom stereocenters. The van der Waals surface area contributed by atoms with E-state index >= 15 is 0 Å². The molecule has 0 saturated heterocycles. The van der Waals surface area contributed by atoms with Crippen molar-refractivity contribution in [3.63, 3.8) is 0 Å². The van der Waals surface area contributed by atoms with Crippen molar-refractivity contribution in [2.75, 3.05) is 10.6 Å². The van der Waals surface area contributed by atoms with Gasteiger partial charge in [-0.25, -0.2) is 4.68 Å². The number of rotatable bonds is 4. The molecule has 1 aromatic heterocycles. The van der Waals surface area contributed by atoms with Gasteiger partial charge in [0.2, 0.25) is 5.95 Å². The van der Waals surface area contributed by atoms with E-state index in [1.165, 1.54) is 5.56 Å². The first-order chi connectivity index (χ1) is 16.0. The molecule has 8 heteroatoms. The SMILES string of the molecule is Cc1ccc(C(=O)Nc2nc3n(n2)C(c2ccccc2Cl)C=C(c2ccc(C)cc2)N3)cc1.Cl. The zero-order valence-corrected chi connectivity index (χ0v) is 20.2. The molecule has 3 aromatic carbocycles. The lowest BCUT2D eigenvalue weighted by molar-refractivity contribution is 0.102. The second-order valence-corrected chi connectivity index (χ2v) is 8.47. The monoisotopic (exact) mass is 491 g/mol. The summed E-state index contributed by atoms with van der Waals surface area (Å²) in [5.41, 5.74) is 5.63. The second-order valence-electron chi connectivity index (χ2n) is 8.06. The van der Waals surface area contributed by atoms with Gasteiger partial charge in [-0.2, -0.15) is 4.98 Å². The van der Waals surface area contributed by atoms with Gasteiger partial charge in [-0.3, -0.25) is 10.1 Å². The molecule has 172 valence electrons. The Kier molecular flexibility index (Phi) is 6.72. The topological polar surface area (TPSA) is 71.8 Å². The van der Waals surface area contributed by atoms with Crippen LogP contribution in [-0.4, -0.2) is 20.7 Å². The minimum Gasteiger partial charge on any atom is -0.324 e. The summed E-state index contributed by atoms with van der Waals surface area (Å²) < 4.78 is 1.74. The van der Waals surface area contributed by atoms with Crippen LogP contribution in [-0.2, 0) is 0 Å². The number of nitrogens with one attached hydrogen (secondary N) is 2. The van der Waals surface area contributed by atoms with Gasteiger partial charge in [0, 0.05) is 16.3 Å². The van der Waals surface area contributed by atoms with Crippen LogP contribution in [0.4, 0.5) is 11.9 Å². The number of nitrogens with zero attached hydrogens (tertiary/aromatic N) is 3. The van der Waals surface area contributed by atoms with E-state index in [1.54, 1.807) is 16.8 Å². The van der Waals surface area contributed by atoms with Crippen molar-refractivity contribution in [3.05, 3.63) is 112 Å². The maximum absolute atomic E-state index is 12.7. The van der Waals surface area contributed by atoms with Gasteiger partial charge in [-0.05, 0) is 49.2 Å². The number of aromatic nitrogens is 3. The van der Waals surface area contributed by atoms with Gasteiger partial charge in [-0.1, -0.05) is 77.3 Å². The smallest absolute Gasteiger partial charge is 0.258 e. The van der Waals surface area contributed by atoms with Crippen LogP contribution in [0.15, 0.2) is 78.9 Å². The van der Waals surface area contributed by atoms with Crippen molar-refractivity contribution in [3.8, 4) is 0 Å². The third-order valence-electron chi connectivity index (χ3n) is 5.59. The molecule has 0 saturated carbocycles. The third kappa shape index (κ3) is 4.69. The van der Waals surface area contributed by atoms with Crippen molar-refractivity contribution < 1.29 is 4.79 Å². The van der Waals surface area contributed by atoms with E-state index in [2.05, 4.69) is 58.0 Å². The number of aryl methyl sites for hydroxylation is 2. The summed E-state index contributed by atoms with van der Waals surface area (Å²) in [5, 5.41) is 11.4. The Balaban J connectivity index is 0.00000274. The summed E-state index contributed by atoms with van der Waals surface area (Å²) in [7, 11) is 0. The standard InChI is InChI=1S/C26H22ClN5O.ClH/c1-16-7-11-18(12-8-16)22-15-23(20-5-3-4-6-21(20)27)32-26(28-22)30-25(31-32)29-24(33)19-13-9-17(2)10-14-19;/h3-15,23H,1-2H3,(H2,28,29,30,31,33);1H. The molecule has 0 bridgehead atoms. The van der Waals surface area contributed by atoms with E-state index in [9.17, 15) is 4.79 Å². The van der Waals surface area contributed by atoms with Crippen LogP contribution in [0, 0.1) is 13.8 Å². The predicted octanol–water partition coefficient (Wildman–Crippen LogP) is 6.28. The van der Waals surface area contributed by atoms with E-state index in [4.69, 9.17) is 11.6 Å². The Hall–Kier alpha value is -3.61. The van der Waals surface area contributed by atoms with Crippen molar-refractivity contribution in [2.24, 2.45) is 0 Å². The van der Waals surface area contributed by atoms with E-state index in [-0.39, 0.29) is 30.3 Å². The van der Waals surface area contributed by atoms with Crippen LogP contribution in [0.1, 0.15) is 38.7 Å². The van der Waals surface area contributed by atoms with E-state index < -0.39 is 0 Å². The molecular weight excluding hydrogens is 469 g/mol. The van der Waals surface area contributed by atoms with Crippen LogP contribution in [0.5, 0.6) is 0 Å². The van der Waals surface area contributed by atoms with Gasteiger partial charge in [-0.15, -0.1) is 17.5 Å². The average molecular weight is 492 g/mol. The molecule has 4 aromatic rings. The summed E-state index contributed by atoms with van der Waals surface area (Å²) >= 11 is 6.54. The minimum absolute atomic E-state index is 0. The van der Waals surface area contributed by atoms with Crippen molar-refractivity contribution in [1.82, 2.24) is 14.8 Å². The molecule has 0 spiro atoms. The largest absolute Gasteiger partial charge is 0.324 e. The highest BCUT2D eigenvalue weighted by Gasteiger charge is 2.27. The molecule has 2 heterocycles. The third-order valence-corrected chi connectivity index (χ3v) is 5.94. The zero-order valence-electron chi connectivity index (χ0n) is 18.6. The number of carbonyl (C=O) groups excluding carboxylic acids is 1. The van der Waals surface area contributed by atoms with Gasteiger partial charge < -0.3 is 5.32 Å². The average Bonchev–Trinajstić information content (AvgIpc) is 3.22. The number of anilines is 2. The first-order valence-corrected chi connectivity index (χ1v) is 11.0. The highest BCUT2D eigenvalue weighted by molar-refractivity contribution is 6.31. The number of benzene rings is 3. The molecule has 34 heavy (non-hydrogen) atoms. The lowest BCUT2D eigenvalue weighted by atomic mass is 10.0. The Labute approximate surface area is 209 Å². The van der Waals surface area contributed by atoms with Crippen LogP contribution in [0.25, 0.3) is 5.70 Å². The van der Waals surface area contributed by atoms with Crippen LogP contribution >= 0.6 is 24.0 Å². The summed E-state index contributed by atoms with van der Waals surface area (Å²) in [6.07, 6.45) is 2.07. The fraction of sp³-hybridized carbons (Fsp3) is 0.115. The number of allylic oxidation sites excluding steroid dienone is 1. The summed E-state index contributed by atoms with van der Waals surface area (Å²) in [4.78, 5) is 17.3. The highest BCUT2D eigenvalue weighted by Crippen LogP contribution is 2.36. The van der Waals surface area contributed by atoms with E-state index in [0.29, 0.717) is 16.5 Å². The predicted molar refractivity (Wildman–Crippen MR) is 139 cm³/mol. The van der Waals surface area contributed by atoms with Gasteiger partial charge in [0.15, 0.2) is 0 Å². The quantitative estimate of drug-likeness (QED) is 0.352. The molecule has 1 aliphatic rings. The maximum atomic E-state index is 12.7. The Morgan fingerprint density at radius 3 is 2.29 bits per heavy atom. The number of hydrogen-bond donors (Lipinski definition) is 2. The zero-order chi connectivity index (χ0) is 22.9.